The van der Waals surface area contributed by atoms with Crippen molar-refractivity contribution in [3.63, 3.8) is 0 Å². The van der Waals surface area contributed by atoms with Gasteiger partial charge in [0.05, 0.1) is 16.1 Å². The van der Waals surface area contributed by atoms with Crippen molar-refractivity contribution >= 4 is 56.6 Å². The van der Waals surface area contributed by atoms with Crippen LogP contribution in [-0.2, 0) is 6.54 Å². The van der Waals surface area contributed by atoms with Crippen molar-refractivity contribution in [2.45, 2.75) is 6.54 Å². The molecule has 0 saturated carbocycles. The number of hydrogen-bond acceptors (Lipinski definition) is 3. The van der Waals surface area contributed by atoms with Gasteiger partial charge < -0.3 is 14.7 Å². The first-order valence-corrected chi connectivity index (χ1v) is 10.5. The molecule has 0 atom stereocenters. The highest BCUT2D eigenvalue weighted by atomic mass is 35.5. The number of aromatic amines is 1. The van der Waals surface area contributed by atoms with Gasteiger partial charge in [-0.3, -0.25) is 4.79 Å². The van der Waals surface area contributed by atoms with Crippen LogP contribution in [0.3, 0.4) is 0 Å². The molecule has 158 valence electrons. The fraction of sp³-hybridized carbons (Fsp3) is 0.0417. The average Bonchev–Trinajstić information content (AvgIpc) is 3.32. The van der Waals surface area contributed by atoms with Crippen molar-refractivity contribution < 1.29 is 9.90 Å². The normalized spacial score (nSPS) is 11.7. The fourth-order valence-electron chi connectivity index (χ4n) is 3.74. The van der Waals surface area contributed by atoms with E-state index < -0.39 is 5.91 Å². The number of nitrogens with one attached hydrogen (secondary N) is 1. The van der Waals surface area contributed by atoms with E-state index in [1.807, 2.05) is 53.1 Å². The van der Waals surface area contributed by atoms with Gasteiger partial charge in [-0.2, -0.15) is 0 Å². The van der Waals surface area contributed by atoms with E-state index in [0.29, 0.717) is 33.1 Å². The number of aromatic hydroxyl groups is 1. The molecule has 2 N–H and O–H groups in total. The van der Waals surface area contributed by atoms with E-state index in [-0.39, 0.29) is 11.6 Å². The van der Waals surface area contributed by atoms with E-state index in [0.717, 1.165) is 16.5 Å². The van der Waals surface area contributed by atoms with Crippen molar-refractivity contribution in [3.05, 3.63) is 94.1 Å². The quantitative estimate of drug-likeness (QED) is 0.279. The summed E-state index contributed by atoms with van der Waals surface area (Å²) in [5.74, 6) is -0.707. The van der Waals surface area contributed by atoms with E-state index in [9.17, 15) is 9.90 Å². The van der Waals surface area contributed by atoms with Crippen LogP contribution in [0.5, 0.6) is 5.88 Å². The summed E-state index contributed by atoms with van der Waals surface area (Å²) in [6.45, 7) is 0.573. The molecule has 0 aliphatic carbocycles. The predicted molar refractivity (Wildman–Crippen MR) is 126 cm³/mol. The lowest BCUT2D eigenvalue weighted by molar-refractivity contribution is 0.0996. The first-order chi connectivity index (χ1) is 15.5. The Morgan fingerprint density at radius 2 is 1.72 bits per heavy atom. The van der Waals surface area contributed by atoms with Gasteiger partial charge in [-0.15, -0.1) is 10.2 Å². The van der Waals surface area contributed by atoms with Crippen LogP contribution in [0.2, 0.25) is 10.0 Å². The summed E-state index contributed by atoms with van der Waals surface area (Å²) in [6.07, 6.45) is 1.77. The SMILES string of the molecule is O=C(N=Nc1c(O)[nH]c2c(Cl)cccc12)c1cn(Cc2ccc(Cl)cc2)c2ccccc12. The highest BCUT2D eigenvalue weighted by molar-refractivity contribution is 6.35. The number of benzene rings is 3. The molecule has 2 aromatic heterocycles. The van der Waals surface area contributed by atoms with E-state index in [1.165, 1.54) is 0 Å². The van der Waals surface area contributed by atoms with Gasteiger partial charge in [0.2, 0.25) is 5.88 Å². The van der Waals surface area contributed by atoms with Gasteiger partial charge in [-0.25, -0.2) is 0 Å². The summed E-state index contributed by atoms with van der Waals surface area (Å²) < 4.78 is 1.99. The molecule has 0 saturated heterocycles. The Morgan fingerprint density at radius 1 is 0.969 bits per heavy atom. The van der Waals surface area contributed by atoms with Crippen molar-refractivity contribution in [2.75, 3.05) is 0 Å². The Hall–Kier alpha value is -3.61. The highest BCUT2D eigenvalue weighted by Crippen LogP contribution is 2.38. The zero-order valence-electron chi connectivity index (χ0n) is 16.6. The standard InChI is InChI=1S/C24H16Cl2N4O2/c25-15-10-8-14(9-11-15)12-30-13-18(16-4-1-2-7-20(16)30)23(31)29-28-22-17-5-3-6-19(26)21(17)27-24(22)32/h1-11,13,27,32H,12H2. The van der Waals surface area contributed by atoms with Gasteiger partial charge in [0, 0.05) is 34.1 Å². The Kier molecular flexibility index (Phi) is 5.17. The Bertz CT molecular complexity index is 1500. The maximum Gasteiger partial charge on any atom is 0.297 e. The molecule has 3 aromatic carbocycles. The Labute approximate surface area is 192 Å². The molecule has 5 aromatic rings. The molecule has 32 heavy (non-hydrogen) atoms. The molecule has 8 heteroatoms. The van der Waals surface area contributed by atoms with Gasteiger partial charge in [0.1, 0.15) is 0 Å². The number of amides is 1. The summed E-state index contributed by atoms with van der Waals surface area (Å²) in [7, 11) is 0. The lowest BCUT2D eigenvalue weighted by atomic mass is 10.2. The number of carbonyl (C=O) groups is 1. The minimum absolute atomic E-state index is 0.167. The number of aromatic nitrogens is 2. The van der Waals surface area contributed by atoms with Crippen molar-refractivity contribution in [2.24, 2.45) is 10.2 Å². The second-order valence-electron chi connectivity index (χ2n) is 7.30. The molecule has 6 nitrogen and oxygen atoms in total. The van der Waals surface area contributed by atoms with E-state index in [2.05, 4.69) is 15.2 Å². The molecule has 2 heterocycles. The van der Waals surface area contributed by atoms with Gasteiger partial charge >= 0.3 is 0 Å². The van der Waals surface area contributed by atoms with Crippen LogP contribution in [0, 0.1) is 0 Å². The molecule has 5 rings (SSSR count). The third kappa shape index (κ3) is 3.64. The molecule has 0 spiro atoms. The number of nitrogens with zero attached hydrogens (tertiary/aromatic N) is 3. The number of fused-ring (bicyclic) bond motifs is 2. The first kappa shape index (κ1) is 20.3. The zero-order valence-corrected chi connectivity index (χ0v) is 18.1. The Balaban J connectivity index is 1.51. The summed E-state index contributed by atoms with van der Waals surface area (Å²) in [5, 5.41) is 20.6. The van der Waals surface area contributed by atoms with Crippen molar-refractivity contribution in [3.8, 4) is 5.88 Å². The highest BCUT2D eigenvalue weighted by Gasteiger charge is 2.17. The smallest absolute Gasteiger partial charge is 0.297 e. The summed E-state index contributed by atoms with van der Waals surface area (Å²) in [5.41, 5.74) is 3.09. The maximum absolute atomic E-state index is 13.0. The third-order valence-corrected chi connectivity index (χ3v) is 5.83. The van der Waals surface area contributed by atoms with Gasteiger partial charge in [0.15, 0.2) is 5.69 Å². The molecule has 0 unspecified atom stereocenters. The third-order valence-electron chi connectivity index (χ3n) is 5.26. The van der Waals surface area contributed by atoms with Crippen LogP contribution in [0.1, 0.15) is 15.9 Å². The average molecular weight is 463 g/mol. The molecule has 0 radical (unpaired) electrons. The molecular weight excluding hydrogens is 447 g/mol. The van der Waals surface area contributed by atoms with E-state index in [4.69, 9.17) is 23.2 Å². The molecular formula is C24H16Cl2N4O2. The largest absolute Gasteiger partial charge is 0.493 e. The Morgan fingerprint density at radius 3 is 2.53 bits per heavy atom. The van der Waals surface area contributed by atoms with Crippen LogP contribution in [0.4, 0.5) is 5.69 Å². The number of para-hydroxylation sites is 2. The number of azo groups is 1. The number of rotatable bonds is 4. The summed E-state index contributed by atoms with van der Waals surface area (Å²) in [4.78, 5) is 15.7. The summed E-state index contributed by atoms with van der Waals surface area (Å²) >= 11 is 12.1. The lowest BCUT2D eigenvalue weighted by Gasteiger charge is -2.05. The van der Waals surface area contributed by atoms with E-state index in [1.54, 1.807) is 24.4 Å². The second-order valence-corrected chi connectivity index (χ2v) is 8.15. The minimum Gasteiger partial charge on any atom is -0.493 e. The molecule has 0 fully saturated rings. The monoisotopic (exact) mass is 462 g/mol. The lowest BCUT2D eigenvalue weighted by Crippen LogP contribution is -1.98. The van der Waals surface area contributed by atoms with Crippen LogP contribution in [0.15, 0.2) is 83.2 Å². The van der Waals surface area contributed by atoms with Gasteiger partial charge in [0.25, 0.3) is 5.91 Å². The number of H-pyrrole nitrogens is 1. The minimum atomic E-state index is -0.508. The zero-order chi connectivity index (χ0) is 22.2. The van der Waals surface area contributed by atoms with Crippen LogP contribution >= 0.6 is 23.2 Å². The van der Waals surface area contributed by atoms with Gasteiger partial charge in [-0.05, 0) is 29.8 Å². The van der Waals surface area contributed by atoms with Crippen molar-refractivity contribution in [1.82, 2.24) is 9.55 Å². The second kappa shape index (κ2) is 8.15. The van der Waals surface area contributed by atoms with Crippen LogP contribution < -0.4 is 0 Å². The number of hydrogen-bond donors (Lipinski definition) is 2. The number of halogens is 2. The molecule has 0 aliphatic rings. The fourth-order valence-corrected chi connectivity index (χ4v) is 4.09. The predicted octanol–water partition coefficient (Wildman–Crippen LogP) is 7.11. The van der Waals surface area contributed by atoms with E-state index >= 15 is 0 Å². The topological polar surface area (TPSA) is 82.7 Å². The number of carbonyl (C=O) groups excluding carboxylic acids is 1. The molecule has 1 amide bonds. The molecule has 0 aliphatic heterocycles. The molecule has 0 bridgehead atoms. The first-order valence-electron chi connectivity index (χ1n) is 9.79. The van der Waals surface area contributed by atoms with Crippen LogP contribution in [-0.4, -0.2) is 20.6 Å². The van der Waals surface area contributed by atoms with Crippen LogP contribution in [0.25, 0.3) is 21.8 Å². The maximum atomic E-state index is 13.0. The van der Waals surface area contributed by atoms with Gasteiger partial charge in [-0.1, -0.05) is 65.7 Å². The summed E-state index contributed by atoms with van der Waals surface area (Å²) in [6, 6.07) is 20.4. The van der Waals surface area contributed by atoms with Crippen molar-refractivity contribution in [1.29, 1.82) is 0 Å².